The highest BCUT2D eigenvalue weighted by molar-refractivity contribution is 6.02. The lowest BCUT2D eigenvalue weighted by atomic mass is 9.95. The zero-order chi connectivity index (χ0) is 22.8. The van der Waals surface area contributed by atoms with Crippen LogP contribution < -0.4 is 5.32 Å². The molecule has 7 heteroatoms. The van der Waals surface area contributed by atoms with Crippen molar-refractivity contribution < 1.29 is 14.3 Å². The van der Waals surface area contributed by atoms with Gasteiger partial charge in [-0.1, -0.05) is 36.4 Å². The summed E-state index contributed by atoms with van der Waals surface area (Å²) in [5.41, 5.74) is 4.74. The lowest BCUT2D eigenvalue weighted by Gasteiger charge is -2.27. The van der Waals surface area contributed by atoms with Gasteiger partial charge in [-0.3, -0.25) is 14.5 Å². The van der Waals surface area contributed by atoms with Gasteiger partial charge >= 0.3 is 0 Å². The number of fused-ring (bicyclic) bond motifs is 2. The van der Waals surface area contributed by atoms with Crippen LogP contribution in [0, 0.1) is 6.92 Å². The molecular formula is C26H30N4O3. The molecule has 7 nitrogen and oxygen atoms in total. The van der Waals surface area contributed by atoms with E-state index in [4.69, 9.17) is 4.74 Å². The van der Waals surface area contributed by atoms with E-state index in [1.54, 1.807) is 4.90 Å². The summed E-state index contributed by atoms with van der Waals surface area (Å²) in [6, 6.07) is 15.5. The lowest BCUT2D eigenvalue weighted by molar-refractivity contribution is -0.122. The van der Waals surface area contributed by atoms with Gasteiger partial charge in [0, 0.05) is 47.4 Å². The van der Waals surface area contributed by atoms with Crippen LogP contribution in [-0.4, -0.2) is 72.5 Å². The maximum Gasteiger partial charge on any atom is 0.255 e. The summed E-state index contributed by atoms with van der Waals surface area (Å²) >= 11 is 0. The molecule has 2 aliphatic heterocycles. The van der Waals surface area contributed by atoms with Gasteiger partial charge in [0.15, 0.2) is 0 Å². The highest BCUT2D eigenvalue weighted by Gasteiger charge is 2.40. The van der Waals surface area contributed by atoms with Crippen LogP contribution in [0.25, 0.3) is 10.9 Å². The molecule has 33 heavy (non-hydrogen) atoms. The lowest BCUT2D eigenvalue weighted by Crippen LogP contribution is -2.41. The van der Waals surface area contributed by atoms with Crippen molar-refractivity contribution in [1.82, 2.24) is 20.1 Å². The summed E-state index contributed by atoms with van der Waals surface area (Å²) in [5.74, 6) is -0.218. The fraction of sp³-hybridized carbons (Fsp3) is 0.385. The number of H-pyrrole nitrogens is 1. The van der Waals surface area contributed by atoms with Crippen LogP contribution in [0.2, 0.25) is 0 Å². The summed E-state index contributed by atoms with van der Waals surface area (Å²) in [6.45, 7) is 7.05. The number of rotatable bonds is 7. The average Bonchev–Trinajstić information content (AvgIpc) is 3.30. The van der Waals surface area contributed by atoms with Gasteiger partial charge in [-0.2, -0.15) is 0 Å². The van der Waals surface area contributed by atoms with Crippen LogP contribution in [0.3, 0.4) is 0 Å². The number of benzene rings is 2. The molecule has 3 aromatic rings. The van der Waals surface area contributed by atoms with E-state index in [1.807, 2.05) is 49.4 Å². The zero-order valence-electron chi connectivity index (χ0n) is 19.0. The predicted octanol–water partition coefficient (Wildman–Crippen LogP) is 2.86. The molecule has 1 unspecified atom stereocenters. The smallest absolute Gasteiger partial charge is 0.255 e. The number of hydrogen-bond donors (Lipinski definition) is 2. The molecule has 2 N–H and O–H groups in total. The predicted molar refractivity (Wildman–Crippen MR) is 127 cm³/mol. The van der Waals surface area contributed by atoms with E-state index in [-0.39, 0.29) is 24.4 Å². The van der Waals surface area contributed by atoms with E-state index < -0.39 is 0 Å². The van der Waals surface area contributed by atoms with E-state index in [1.165, 1.54) is 0 Å². The Morgan fingerprint density at radius 1 is 1.12 bits per heavy atom. The molecule has 1 atom stereocenters. The quantitative estimate of drug-likeness (QED) is 0.547. The van der Waals surface area contributed by atoms with Crippen LogP contribution in [0.5, 0.6) is 0 Å². The summed E-state index contributed by atoms with van der Waals surface area (Å²) in [5, 5.41) is 4.10. The number of amides is 2. The highest BCUT2D eigenvalue weighted by atomic mass is 16.5. The number of para-hydroxylation sites is 1. The Morgan fingerprint density at radius 3 is 2.73 bits per heavy atom. The monoisotopic (exact) mass is 446 g/mol. The molecule has 5 rings (SSSR count). The summed E-state index contributed by atoms with van der Waals surface area (Å²) in [7, 11) is 0. The molecule has 0 bridgehead atoms. The van der Waals surface area contributed by atoms with Crippen molar-refractivity contribution in [1.29, 1.82) is 0 Å². The molecule has 3 heterocycles. The molecule has 0 spiro atoms. The van der Waals surface area contributed by atoms with E-state index >= 15 is 0 Å². The molecule has 0 aliphatic carbocycles. The number of aromatic nitrogens is 1. The van der Waals surface area contributed by atoms with E-state index in [0.717, 1.165) is 67.0 Å². The van der Waals surface area contributed by atoms with Crippen LogP contribution >= 0.6 is 0 Å². The van der Waals surface area contributed by atoms with Gasteiger partial charge in [-0.05, 0) is 37.6 Å². The van der Waals surface area contributed by atoms with Crippen molar-refractivity contribution in [2.24, 2.45) is 0 Å². The maximum absolute atomic E-state index is 13.3. The Morgan fingerprint density at radius 2 is 1.88 bits per heavy atom. The van der Waals surface area contributed by atoms with Crippen molar-refractivity contribution in [3.05, 3.63) is 70.9 Å². The first-order valence-electron chi connectivity index (χ1n) is 11.7. The standard InChI is InChI=1S/C26H30N4O3/c1-18-24(21-9-4-5-10-22(21)28-18)25-19-7-2-3-8-20(19)26(32)30(25)17-23(31)27-11-6-12-29-13-15-33-16-14-29/h2-5,7-10,25,28H,6,11-17H2,1H3,(H,27,31). The first-order chi connectivity index (χ1) is 16.1. The Bertz CT molecular complexity index is 1170. The number of aromatic amines is 1. The Hall–Kier alpha value is -3.16. The van der Waals surface area contributed by atoms with Crippen molar-refractivity contribution in [2.45, 2.75) is 19.4 Å². The van der Waals surface area contributed by atoms with Crippen molar-refractivity contribution in [3.8, 4) is 0 Å². The molecule has 0 saturated carbocycles. The SMILES string of the molecule is Cc1[nH]c2ccccc2c1C1c2ccccc2C(=O)N1CC(=O)NCCCN1CCOCC1. The fourth-order valence-electron chi connectivity index (χ4n) is 5.06. The zero-order valence-corrected chi connectivity index (χ0v) is 19.0. The molecular weight excluding hydrogens is 416 g/mol. The van der Waals surface area contributed by atoms with Gasteiger partial charge in [-0.15, -0.1) is 0 Å². The molecule has 2 aliphatic rings. The van der Waals surface area contributed by atoms with Gasteiger partial charge < -0.3 is 19.9 Å². The number of hydrogen-bond acceptors (Lipinski definition) is 4. The average molecular weight is 447 g/mol. The number of carbonyl (C=O) groups is 2. The van der Waals surface area contributed by atoms with Crippen molar-refractivity contribution in [3.63, 3.8) is 0 Å². The molecule has 1 aromatic heterocycles. The molecule has 1 fully saturated rings. The molecule has 0 radical (unpaired) electrons. The summed E-state index contributed by atoms with van der Waals surface area (Å²) < 4.78 is 5.38. The number of morpholine rings is 1. The van der Waals surface area contributed by atoms with Gasteiger partial charge in [0.2, 0.25) is 5.91 Å². The van der Waals surface area contributed by atoms with Crippen molar-refractivity contribution >= 4 is 22.7 Å². The molecule has 2 amide bonds. The third-order valence-corrected chi connectivity index (χ3v) is 6.67. The summed E-state index contributed by atoms with van der Waals surface area (Å²) in [6.07, 6.45) is 0.880. The Balaban J connectivity index is 1.33. The maximum atomic E-state index is 13.3. The fourth-order valence-corrected chi connectivity index (χ4v) is 5.06. The van der Waals surface area contributed by atoms with Crippen LogP contribution in [-0.2, 0) is 9.53 Å². The second-order valence-corrected chi connectivity index (χ2v) is 8.79. The van der Waals surface area contributed by atoms with E-state index in [2.05, 4.69) is 21.3 Å². The highest BCUT2D eigenvalue weighted by Crippen LogP contribution is 2.42. The number of nitrogens with one attached hydrogen (secondary N) is 2. The van der Waals surface area contributed by atoms with Gasteiger partial charge in [0.05, 0.1) is 19.3 Å². The van der Waals surface area contributed by atoms with E-state index in [0.29, 0.717) is 12.1 Å². The minimum atomic E-state index is -0.288. The normalized spacial score (nSPS) is 18.6. The third kappa shape index (κ3) is 4.26. The third-order valence-electron chi connectivity index (χ3n) is 6.67. The minimum absolute atomic E-state index is 0.0364. The Labute approximate surface area is 193 Å². The molecule has 2 aromatic carbocycles. The van der Waals surface area contributed by atoms with Gasteiger partial charge in [-0.25, -0.2) is 0 Å². The largest absolute Gasteiger partial charge is 0.379 e. The topological polar surface area (TPSA) is 77.7 Å². The van der Waals surface area contributed by atoms with Crippen molar-refractivity contribution in [2.75, 3.05) is 45.9 Å². The second kappa shape index (κ2) is 9.37. The van der Waals surface area contributed by atoms with Gasteiger partial charge in [0.25, 0.3) is 5.91 Å². The van der Waals surface area contributed by atoms with Gasteiger partial charge in [0.1, 0.15) is 6.54 Å². The minimum Gasteiger partial charge on any atom is -0.379 e. The number of ether oxygens (including phenoxy) is 1. The van der Waals surface area contributed by atoms with Crippen LogP contribution in [0.15, 0.2) is 48.5 Å². The first kappa shape index (κ1) is 21.7. The number of nitrogens with zero attached hydrogens (tertiary/aromatic N) is 2. The van der Waals surface area contributed by atoms with Crippen LogP contribution in [0.4, 0.5) is 0 Å². The number of carbonyl (C=O) groups excluding carboxylic acids is 2. The first-order valence-corrected chi connectivity index (χ1v) is 11.7. The Kier molecular flexibility index (Phi) is 6.15. The summed E-state index contributed by atoms with van der Waals surface area (Å²) in [4.78, 5) is 33.7. The van der Waals surface area contributed by atoms with Crippen LogP contribution in [0.1, 0.15) is 39.6 Å². The second-order valence-electron chi connectivity index (χ2n) is 8.79. The molecule has 172 valence electrons. The van der Waals surface area contributed by atoms with E-state index in [9.17, 15) is 9.59 Å². The molecule has 1 saturated heterocycles. The number of aryl methyl sites for hydroxylation is 1.